The highest BCUT2D eigenvalue weighted by Crippen LogP contribution is 2.34. The Kier molecular flexibility index (Phi) is 2.90. The molecule has 1 aliphatic rings. The highest BCUT2D eigenvalue weighted by molar-refractivity contribution is 5.82. The number of allylic oxidation sites excluding steroid dienone is 1. The van der Waals surface area contributed by atoms with Crippen molar-refractivity contribution in [1.29, 1.82) is 0 Å². The second-order valence-electron chi connectivity index (χ2n) is 3.69. The van der Waals surface area contributed by atoms with Gasteiger partial charge in [0, 0.05) is 6.08 Å². The monoisotopic (exact) mass is 168 g/mol. The molecule has 12 heavy (non-hydrogen) atoms. The molecule has 0 aliphatic heterocycles. The molecule has 0 heterocycles. The summed E-state index contributed by atoms with van der Waals surface area (Å²) in [6.45, 7) is 4.45. The van der Waals surface area contributed by atoms with Crippen molar-refractivity contribution in [3.63, 3.8) is 0 Å². The van der Waals surface area contributed by atoms with Crippen molar-refractivity contribution in [2.75, 3.05) is 7.11 Å². The van der Waals surface area contributed by atoms with Gasteiger partial charge in [-0.15, -0.1) is 0 Å². The number of carbonyl (C=O) groups excluding carboxylic acids is 1. The van der Waals surface area contributed by atoms with Crippen LogP contribution in [-0.2, 0) is 9.53 Å². The first-order valence-corrected chi connectivity index (χ1v) is 4.41. The molecule has 1 aliphatic carbocycles. The van der Waals surface area contributed by atoms with Gasteiger partial charge in [-0.05, 0) is 24.7 Å². The van der Waals surface area contributed by atoms with Crippen molar-refractivity contribution in [2.45, 2.75) is 26.7 Å². The van der Waals surface area contributed by atoms with Gasteiger partial charge in [0.05, 0.1) is 7.11 Å². The minimum Gasteiger partial charge on any atom is -0.466 e. The van der Waals surface area contributed by atoms with Crippen molar-refractivity contribution < 1.29 is 9.53 Å². The Hall–Kier alpha value is -0.790. The minimum atomic E-state index is -0.216. The third-order valence-corrected chi connectivity index (χ3v) is 2.66. The van der Waals surface area contributed by atoms with Crippen LogP contribution in [0.15, 0.2) is 11.6 Å². The van der Waals surface area contributed by atoms with Crippen molar-refractivity contribution in [2.24, 2.45) is 11.8 Å². The molecule has 2 nitrogen and oxygen atoms in total. The summed E-state index contributed by atoms with van der Waals surface area (Å²) >= 11 is 0. The molecule has 1 rings (SSSR count). The summed E-state index contributed by atoms with van der Waals surface area (Å²) in [6.07, 6.45) is 3.74. The van der Waals surface area contributed by atoms with E-state index in [2.05, 4.69) is 18.6 Å². The van der Waals surface area contributed by atoms with Crippen LogP contribution in [0.5, 0.6) is 0 Å². The fraction of sp³-hybridized carbons (Fsp3) is 0.700. The quantitative estimate of drug-likeness (QED) is 0.443. The molecular formula is C10H16O2. The van der Waals surface area contributed by atoms with E-state index >= 15 is 0 Å². The maximum absolute atomic E-state index is 10.9. The number of ether oxygens (including phenoxy) is 1. The lowest BCUT2D eigenvalue weighted by Crippen LogP contribution is -1.95. The number of carbonyl (C=O) groups is 1. The molecule has 2 atom stereocenters. The second kappa shape index (κ2) is 3.74. The smallest absolute Gasteiger partial charge is 0.330 e. The Morgan fingerprint density at radius 1 is 1.42 bits per heavy atom. The molecular weight excluding hydrogens is 152 g/mol. The lowest BCUT2D eigenvalue weighted by atomic mass is 10.0. The van der Waals surface area contributed by atoms with Crippen LogP contribution in [0.4, 0.5) is 0 Å². The highest BCUT2D eigenvalue weighted by Gasteiger charge is 2.23. The molecule has 1 saturated carbocycles. The normalized spacial score (nSPS) is 28.8. The van der Waals surface area contributed by atoms with Gasteiger partial charge in [-0.2, -0.15) is 0 Å². The van der Waals surface area contributed by atoms with E-state index < -0.39 is 0 Å². The number of esters is 1. The van der Waals surface area contributed by atoms with Crippen LogP contribution in [0.3, 0.4) is 0 Å². The predicted octanol–water partition coefficient (Wildman–Crippen LogP) is 2.15. The molecule has 0 radical (unpaired) electrons. The lowest BCUT2D eigenvalue weighted by molar-refractivity contribution is -0.134. The first kappa shape index (κ1) is 9.30. The Balaban J connectivity index is 2.56. The number of methoxy groups -OCH3 is 1. The van der Waals surface area contributed by atoms with E-state index in [9.17, 15) is 4.79 Å². The van der Waals surface area contributed by atoms with E-state index in [1.54, 1.807) is 6.08 Å². The van der Waals surface area contributed by atoms with E-state index in [0.717, 1.165) is 12.8 Å². The van der Waals surface area contributed by atoms with Gasteiger partial charge >= 0.3 is 5.97 Å². The van der Waals surface area contributed by atoms with Gasteiger partial charge < -0.3 is 4.74 Å². The maximum atomic E-state index is 10.9. The Labute approximate surface area is 73.6 Å². The summed E-state index contributed by atoms with van der Waals surface area (Å²) in [7, 11) is 1.42. The van der Waals surface area contributed by atoms with Gasteiger partial charge in [-0.3, -0.25) is 0 Å². The summed E-state index contributed by atoms with van der Waals surface area (Å²) in [4.78, 5) is 10.9. The molecule has 68 valence electrons. The molecule has 0 aromatic rings. The van der Waals surface area contributed by atoms with Crippen LogP contribution < -0.4 is 0 Å². The van der Waals surface area contributed by atoms with Gasteiger partial charge in [0.2, 0.25) is 0 Å². The number of hydrogen-bond acceptors (Lipinski definition) is 2. The van der Waals surface area contributed by atoms with Crippen molar-refractivity contribution in [1.82, 2.24) is 0 Å². The van der Waals surface area contributed by atoms with Gasteiger partial charge in [0.25, 0.3) is 0 Å². The molecule has 0 spiro atoms. The third kappa shape index (κ3) is 2.10. The van der Waals surface area contributed by atoms with Crippen LogP contribution in [0, 0.1) is 11.8 Å². The lowest BCUT2D eigenvalue weighted by Gasteiger charge is -2.04. The Bertz CT molecular complexity index is 194. The molecule has 0 aromatic carbocycles. The summed E-state index contributed by atoms with van der Waals surface area (Å²) in [5, 5.41) is 0. The maximum Gasteiger partial charge on any atom is 0.330 e. The summed E-state index contributed by atoms with van der Waals surface area (Å²) in [5.41, 5.74) is 1.24. The van der Waals surface area contributed by atoms with Gasteiger partial charge in [0.15, 0.2) is 0 Å². The van der Waals surface area contributed by atoms with Crippen LogP contribution in [0.1, 0.15) is 26.7 Å². The van der Waals surface area contributed by atoms with Crippen LogP contribution in [-0.4, -0.2) is 13.1 Å². The Morgan fingerprint density at radius 3 is 2.33 bits per heavy atom. The van der Waals surface area contributed by atoms with Crippen LogP contribution in [0.2, 0.25) is 0 Å². The minimum absolute atomic E-state index is 0.216. The molecule has 2 heteroatoms. The van der Waals surface area contributed by atoms with Gasteiger partial charge in [0.1, 0.15) is 0 Å². The van der Waals surface area contributed by atoms with Crippen molar-refractivity contribution >= 4 is 5.97 Å². The standard InChI is InChI=1S/C10H16O2/c1-7-4-9(5-8(7)2)6-10(11)12-3/h6-8H,4-5H2,1-3H3. The summed E-state index contributed by atoms with van der Waals surface area (Å²) in [5.74, 6) is 1.20. The summed E-state index contributed by atoms with van der Waals surface area (Å²) in [6, 6.07) is 0. The summed E-state index contributed by atoms with van der Waals surface area (Å²) < 4.78 is 4.57. The number of rotatable bonds is 1. The topological polar surface area (TPSA) is 26.3 Å². The highest BCUT2D eigenvalue weighted by atomic mass is 16.5. The van der Waals surface area contributed by atoms with Gasteiger partial charge in [-0.25, -0.2) is 4.79 Å². The van der Waals surface area contributed by atoms with Crippen molar-refractivity contribution in [3.8, 4) is 0 Å². The molecule has 2 unspecified atom stereocenters. The van der Waals surface area contributed by atoms with E-state index in [1.807, 2.05) is 0 Å². The first-order valence-electron chi connectivity index (χ1n) is 4.41. The zero-order valence-corrected chi connectivity index (χ0v) is 7.96. The first-order chi connectivity index (χ1) is 5.63. The predicted molar refractivity (Wildman–Crippen MR) is 47.7 cm³/mol. The SMILES string of the molecule is COC(=O)C=C1CC(C)C(C)C1. The molecule has 0 aromatic heterocycles. The molecule has 0 amide bonds. The molecule has 1 fully saturated rings. The zero-order chi connectivity index (χ0) is 9.14. The fourth-order valence-electron chi connectivity index (χ4n) is 1.66. The van der Waals surface area contributed by atoms with Crippen LogP contribution >= 0.6 is 0 Å². The van der Waals surface area contributed by atoms with E-state index in [-0.39, 0.29) is 5.97 Å². The molecule has 0 bridgehead atoms. The van der Waals surface area contributed by atoms with Gasteiger partial charge in [-0.1, -0.05) is 19.4 Å². The van der Waals surface area contributed by atoms with Crippen LogP contribution in [0.25, 0.3) is 0 Å². The molecule has 0 N–H and O–H groups in total. The van der Waals surface area contributed by atoms with E-state index in [0.29, 0.717) is 11.8 Å². The average molecular weight is 168 g/mol. The zero-order valence-electron chi connectivity index (χ0n) is 7.96. The number of hydrogen-bond donors (Lipinski definition) is 0. The Morgan fingerprint density at radius 2 is 1.92 bits per heavy atom. The second-order valence-corrected chi connectivity index (χ2v) is 3.69. The molecule has 0 saturated heterocycles. The van der Waals surface area contributed by atoms with E-state index in [4.69, 9.17) is 0 Å². The largest absolute Gasteiger partial charge is 0.466 e. The fourth-order valence-corrected chi connectivity index (χ4v) is 1.66. The van der Waals surface area contributed by atoms with Crippen molar-refractivity contribution in [3.05, 3.63) is 11.6 Å². The van der Waals surface area contributed by atoms with E-state index in [1.165, 1.54) is 12.7 Å². The average Bonchev–Trinajstić information content (AvgIpc) is 2.31. The third-order valence-electron chi connectivity index (χ3n) is 2.66.